The molecule has 5 aromatic rings. The first kappa shape index (κ1) is 23.8. The number of hydrogen-bond acceptors (Lipinski definition) is 6. The van der Waals surface area contributed by atoms with E-state index >= 15 is 0 Å². The summed E-state index contributed by atoms with van der Waals surface area (Å²) in [6.45, 7) is 0.231. The predicted octanol–water partition coefficient (Wildman–Crippen LogP) is 4.89. The van der Waals surface area contributed by atoms with Crippen molar-refractivity contribution in [3.8, 4) is 33.7 Å². The zero-order chi connectivity index (χ0) is 25.2. The Morgan fingerprint density at radius 3 is 2.61 bits per heavy atom. The second-order valence-electron chi connectivity index (χ2n) is 7.70. The number of thiophene rings is 1. The van der Waals surface area contributed by atoms with Crippen molar-refractivity contribution < 1.29 is 4.74 Å². The van der Waals surface area contributed by atoms with Gasteiger partial charge in [0.1, 0.15) is 12.4 Å². The van der Waals surface area contributed by atoms with Gasteiger partial charge in [-0.15, -0.1) is 11.3 Å². The molecule has 2 N–H and O–H groups in total. The van der Waals surface area contributed by atoms with E-state index in [0.29, 0.717) is 31.9 Å². The van der Waals surface area contributed by atoms with Crippen molar-refractivity contribution in [3.63, 3.8) is 0 Å². The highest BCUT2D eigenvalue weighted by atomic mass is 35.5. The monoisotopic (exact) mass is 538 g/mol. The Labute approximate surface area is 217 Å². The van der Waals surface area contributed by atoms with Crippen LogP contribution in [-0.4, -0.2) is 19.5 Å². The van der Waals surface area contributed by atoms with Crippen LogP contribution in [0.5, 0.6) is 5.75 Å². The van der Waals surface area contributed by atoms with Crippen molar-refractivity contribution in [1.82, 2.24) is 19.5 Å². The molecule has 11 heteroatoms. The highest BCUT2D eigenvalue weighted by Crippen LogP contribution is 2.31. The number of halogens is 2. The van der Waals surface area contributed by atoms with E-state index in [0.717, 1.165) is 5.56 Å². The number of ether oxygens (including phenoxy) is 1. The Bertz CT molecular complexity index is 1740. The van der Waals surface area contributed by atoms with Crippen LogP contribution in [-0.2, 0) is 6.61 Å². The van der Waals surface area contributed by atoms with Gasteiger partial charge in [-0.05, 0) is 53.4 Å². The van der Waals surface area contributed by atoms with E-state index in [-0.39, 0.29) is 23.3 Å². The molecule has 1 aromatic carbocycles. The minimum atomic E-state index is -0.632. The zero-order valence-electron chi connectivity index (χ0n) is 18.3. The van der Waals surface area contributed by atoms with Gasteiger partial charge in [-0.1, -0.05) is 23.2 Å². The van der Waals surface area contributed by atoms with E-state index in [1.807, 2.05) is 11.4 Å². The van der Waals surface area contributed by atoms with Crippen LogP contribution in [0.15, 0.2) is 87.0 Å². The molecule has 0 bridgehead atoms. The van der Waals surface area contributed by atoms with Crippen LogP contribution in [0.25, 0.3) is 27.9 Å². The molecule has 0 aliphatic heterocycles. The van der Waals surface area contributed by atoms with E-state index in [2.05, 4.69) is 15.0 Å². The number of hydrogen-bond donors (Lipinski definition) is 2. The summed E-state index contributed by atoms with van der Waals surface area (Å²) in [5.74, 6) is 0.444. The van der Waals surface area contributed by atoms with Crippen LogP contribution in [0.3, 0.4) is 0 Å². The molecular formula is C25H16Cl2N4O4S. The Balaban J connectivity index is 1.66. The van der Waals surface area contributed by atoms with Crippen molar-refractivity contribution in [2.24, 2.45) is 0 Å². The number of H-pyrrole nitrogens is 2. The summed E-state index contributed by atoms with van der Waals surface area (Å²) in [6.07, 6.45) is 5.94. The van der Waals surface area contributed by atoms with Crippen molar-refractivity contribution in [3.05, 3.63) is 119 Å². The zero-order valence-corrected chi connectivity index (χ0v) is 20.7. The molecule has 0 saturated heterocycles. The fourth-order valence-corrected chi connectivity index (χ4v) is 4.76. The molecule has 0 unspecified atom stereocenters. The topological polar surface area (TPSA) is 110 Å². The molecular weight excluding hydrogens is 523 g/mol. The van der Waals surface area contributed by atoms with Gasteiger partial charge in [0.25, 0.3) is 11.1 Å². The van der Waals surface area contributed by atoms with E-state index in [9.17, 15) is 14.4 Å². The molecule has 36 heavy (non-hydrogen) atoms. The van der Waals surface area contributed by atoms with Gasteiger partial charge in [0.2, 0.25) is 0 Å². The lowest BCUT2D eigenvalue weighted by atomic mass is 10.0. The van der Waals surface area contributed by atoms with Crippen LogP contribution >= 0.6 is 34.5 Å². The fraction of sp³-hybridized carbons (Fsp3) is 0.0400. The summed E-state index contributed by atoms with van der Waals surface area (Å²) in [4.78, 5) is 46.4. The summed E-state index contributed by atoms with van der Waals surface area (Å²) in [7, 11) is 0. The number of nitrogens with one attached hydrogen (secondary N) is 2. The van der Waals surface area contributed by atoms with Crippen molar-refractivity contribution in [2.45, 2.75) is 6.61 Å². The van der Waals surface area contributed by atoms with Gasteiger partial charge in [0, 0.05) is 40.3 Å². The number of aromatic nitrogens is 4. The van der Waals surface area contributed by atoms with Gasteiger partial charge in [-0.3, -0.25) is 24.1 Å². The van der Waals surface area contributed by atoms with Crippen LogP contribution in [0.2, 0.25) is 9.36 Å². The highest BCUT2D eigenvalue weighted by Gasteiger charge is 2.16. The predicted molar refractivity (Wildman–Crippen MR) is 141 cm³/mol. The number of aromatic amines is 2. The summed E-state index contributed by atoms with van der Waals surface area (Å²) >= 11 is 14.0. The maximum Gasteiger partial charge on any atom is 0.325 e. The van der Waals surface area contributed by atoms with Crippen molar-refractivity contribution >= 4 is 34.5 Å². The molecule has 4 heterocycles. The molecule has 0 radical (unpaired) electrons. The van der Waals surface area contributed by atoms with Crippen molar-refractivity contribution in [2.75, 3.05) is 0 Å². The first-order chi connectivity index (χ1) is 17.4. The molecule has 0 spiro atoms. The molecule has 0 amide bonds. The summed E-state index contributed by atoms with van der Waals surface area (Å²) in [5.41, 5.74) is 1.08. The van der Waals surface area contributed by atoms with Gasteiger partial charge in [-0.25, -0.2) is 4.79 Å². The van der Waals surface area contributed by atoms with E-state index < -0.39 is 11.2 Å². The standard InChI is InChI=1S/C25H16Cl2N4O4S/c26-17-6-15(7-19(9-17)35-13-14-3-5-36-22(14)27)20-8-16(21-11-29-25(34)30-23(21)32)12-31(24(20)33)18-2-1-4-28-10-18/h1-12H,13H2,(H2,29,30,32,34). The normalized spacial score (nSPS) is 10.9. The highest BCUT2D eigenvalue weighted by molar-refractivity contribution is 7.14. The summed E-state index contributed by atoms with van der Waals surface area (Å²) in [5, 5.41) is 2.23. The maximum absolute atomic E-state index is 13.6. The number of rotatable bonds is 6. The maximum atomic E-state index is 13.6. The molecule has 8 nitrogen and oxygen atoms in total. The molecule has 0 aliphatic carbocycles. The average Bonchev–Trinajstić information content (AvgIpc) is 3.28. The fourth-order valence-electron chi connectivity index (χ4n) is 3.63. The first-order valence-electron chi connectivity index (χ1n) is 10.5. The quantitative estimate of drug-likeness (QED) is 0.319. The molecule has 180 valence electrons. The largest absolute Gasteiger partial charge is 0.489 e. The lowest BCUT2D eigenvalue weighted by Crippen LogP contribution is -2.24. The number of pyridine rings is 2. The molecule has 0 atom stereocenters. The minimum Gasteiger partial charge on any atom is -0.489 e. The Kier molecular flexibility index (Phi) is 6.60. The van der Waals surface area contributed by atoms with E-state index in [1.54, 1.807) is 42.6 Å². The average molecular weight is 539 g/mol. The number of benzene rings is 1. The van der Waals surface area contributed by atoms with Gasteiger partial charge < -0.3 is 9.72 Å². The lowest BCUT2D eigenvalue weighted by Gasteiger charge is -2.13. The second-order valence-corrected chi connectivity index (χ2v) is 9.65. The van der Waals surface area contributed by atoms with Crippen molar-refractivity contribution in [1.29, 1.82) is 0 Å². The Morgan fingerprint density at radius 1 is 1.03 bits per heavy atom. The van der Waals surface area contributed by atoms with Crippen LogP contribution in [0, 0.1) is 0 Å². The molecule has 0 aliphatic rings. The van der Waals surface area contributed by atoms with E-state index in [1.165, 1.54) is 34.5 Å². The summed E-state index contributed by atoms with van der Waals surface area (Å²) < 4.78 is 7.92. The second kappa shape index (κ2) is 9.98. The SMILES string of the molecule is O=c1[nH]cc(-c2cc(-c3cc(Cl)cc(OCc4ccsc4Cl)c3)c(=O)n(-c3cccnc3)c2)c(=O)[nH]1. The van der Waals surface area contributed by atoms with Crippen LogP contribution in [0.4, 0.5) is 0 Å². The first-order valence-corrected chi connectivity index (χ1v) is 12.2. The van der Waals surface area contributed by atoms with Gasteiger partial charge in [0.15, 0.2) is 0 Å². The van der Waals surface area contributed by atoms with Gasteiger partial charge in [0.05, 0.1) is 21.8 Å². The Morgan fingerprint density at radius 2 is 1.89 bits per heavy atom. The molecule has 0 fully saturated rings. The van der Waals surface area contributed by atoms with Crippen LogP contribution in [0.1, 0.15) is 5.56 Å². The van der Waals surface area contributed by atoms with Crippen LogP contribution < -0.4 is 21.5 Å². The van der Waals surface area contributed by atoms with E-state index in [4.69, 9.17) is 27.9 Å². The van der Waals surface area contributed by atoms with Gasteiger partial charge in [-0.2, -0.15) is 0 Å². The lowest BCUT2D eigenvalue weighted by molar-refractivity contribution is 0.307. The number of nitrogens with zero attached hydrogens (tertiary/aromatic N) is 2. The van der Waals surface area contributed by atoms with Gasteiger partial charge >= 0.3 is 5.69 Å². The third-order valence-electron chi connectivity index (χ3n) is 5.34. The smallest absolute Gasteiger partial charge is 0.325 e. The molecule has 5 rings (SSSR count). The molecule has 0 saturated carbocycles. The molecule has 4 aromatic heterocycles. The Hall–Kier alpha value is -3.92. The third kappa shape index (κ3) is 4.90. The minimum absolute atomic E-state index is 0.180. The summed E-state index contributed by atoms with van der Waals surface area (Å²) in [6, 6.07) is 11.8. The third-order valence-corrected chi connectivity index (χ3v) is 6.81.